The van der Waals surface area contributed by atoms with Crippen LogP contribution in [0.3, 0.4) is 0 Å². The number of hydrogen-bond donors (Lipinski definition) is 2. The Morgan fingerprint density at radius 1 is 1.31 bits per heavy atom. The Morgan fingerprint density at radius 3 is 2.12 bits per heavy atom. The number of hydrogen-bond acceptors (Lipinski definition) is 4. The van der Waals surface area contributed by atoms with Crippen molar-refractivity contribution in [2.24, 2.45) is 23.5 Å². The molecule has 0 aromatic carbocycles. The number of halogens is 1. The molecule has 1 heterocycles. The molecule has 1 aliphatic rings. The number of rotatable bonds is 3. The van der Waals surface area contributed by atoms with Crippen LogP contribution in [0.4, 0.5) is 0 Å². The molecule has 1 saturated heterocycles. The number of imide groups is 1. The molecule has 3 N–H and O–H groups in total. The van der Waals surface area contributed by atoms with Crippen LogP contribution in [-0.2, 0) is 14.4 Å². The first-order chi connectivity index (χ1) is 6.86. The van der Waals surface area contributed by atoms with Crippen LogP contribution in [0.5, 0.6) is 0 Å². The molecule has 0 aromatic heterocycles. The van der Waals surface area contributed by atoms with Gasteiger partial charge in [0.2, 0.25) is 11.8 Å². The van der Waals surface area contributed by atoms with E-state index in [2.05, 4.69) is 5.32 Å². The summed E-state index contributed by atoms with van der Waals surface area (Å²) in [6, 6.07) is -0.686. The second-order valence-corrected chi connectivity index (χ2v) is 4.29. The van der Waals surface area contributed by atoms with Crippen LogP contribution in [0, 0.1) is 17.8 Å². The Hall–Kier alpha value is -0.940. The lowest BCUT2D eigenvalue weighted by molar-refractivity contribution is -0.134. The average molecular weight is 249 g/mol. The smallest absolute Gasteiger partial charge is 0.238 e. The molecule has 0 spiro atoms. The van der Waals surface area contributed by atoms with Crippen molar-refractivity contribution >= 4 is 30.0 Å². The molecular weight excluding hydrogens is 232 g/mol. The third-order valence-corrected chi connectivity index (χ3v) is 2.80. The van der Waals surface area contributed by atoms with Gasteiger partial charge in [-0.25, -0.2) is 0 Å². The van der Waals surface area contributed by atoms with Crippen molar-refractivity contribution in [2.45, 2.75) is 26.8 Å². The summed E-state index contributed by atoms with van der Waals surface area (Å²) >= 11 is 0. The van der Waals surface area contributed by atoms with E-state index in [1.54, 1.807) is 6.92 Å². The van der Waals surface area contributed by atoms with Gasteiger partial charge in [0.1, 0.15) is 5.92 Å². The standard InChI is InChI=1S/C10H16N2O3.ClH/c1-4(2)7(11)8(13)6-5(3)9(14)12-10(6)15;/h4-7H,11H2,1-3H3,(H,12,14,15);1H/t5-,6+,7-;/m0./s1. The van der Waals surface area contributed by atoms with Gasteiger partial charge in [0, 0.05) is 0 Å². The number of ketones is 1. The molecule has 1 aliphatic heterocycles. The van der Waals surface area contributed by atoms with Crippen molar-refractivity contribution in [1.82, 2.24) is 5.32 Å². The maximum atomic E-state index is 11.8. The molecule has 0 bridgehead atoms. The number of Topliss-reactive ketones (excluding diaryl/α,β-unsaturated/α-hetero) is 1. The van der Waals surface area contributed by atoms with Crippen LogP contribution in [0.25, 0.3) is 0 Å². The second kappa shape index (κ2) is 5.41. The number of amides is 2. The molecular formula is C10H17ClN2O3. The highest BCUT2D eigenvalue weighted by Crippen LogP contribution is 2.22. The third kappa shape index (κ3) is 2.59. The number of nitrogens with one attached hydrogen (secondary N) is 1. The van der Waals surface area contributed by atoms with E-state index >= 15 is 0 Å². The van der Waals surface area contributed by atoms with Crippen LogP contribution in [0.15, 0.2) is 0 Å². The van der Waals surface area contributed by atoms with Crippen molar-refractivity contribution in [3.8, 4) is 0 Å². The van der Waals surface area contributed by atoms with Gasteiger partial charge >= 0.3 is 0 Å². The zero-order valence-electron chi connectivity index (χ0n) is 9.52. The van der Waals surface area contributed by atoms with Gasteiger partial charge in [-0.2, -0.15) is 0 Å². The molecule has 92 valence electrons. The van der Waals surface area contributed by atoms with E-state index in [1.807, 2.05) is 13.8 Å². The Kier molecular flexibility index (Phi) is 5.09. The zero-order chi connectivity index (χ0) is 11.7. The van der Waals surface area contributed by atoms with Crippen LogP contribution < -0.4 is 11.1 Å². The summed E-state index contributed by atoms with van der Waals surface area (Å²) in [5.74, 6) is -2.80. The minimum atomic E-state index is -0.908. The van der Waals surface area contributed by atoms with Gasteiger partial charge in [-0.3, -0.25) is 19.7 Å². The van der Waals surface area contributed by atoms with Gasteiger partial charge < -0.3 is 5.73 Å². The van der Waals surface area contributed by atoms with E-state index in [4.69, 9.17) is 5.73 Å². The lowest BCUT2D eigenvalue weighted by Gasteiger charge is -2.18. The van der Waals surface area contributed by atoms with E-state index in [-0.39, 0.29) is 24.1 Å². The number of nitrogens with two attached hydrogens (primary N) is 1. The second-order valence-electron chi connectivity index (χ2n) is 4.29. The van der Waals surface area contributed by atoms with Crippen LogP contribution in [0.1, 0.15) is 20.8 Å². The normalized spacial score (nSPS) is 26.3. The fraction of sp³-hybridized carbons (Fsp3) is 0.700. The van der Waals surface area contributed by atoms with Gasteiger partial charge in [0.25, 0.3) is 0 Å². The highest BCUT2D eigenvalue weighted by Gasteiger charge is 2.44. The summed E-state index contributed by atoms with van der Waals surface area (Å²) < 4.78 is 0. The Balaban J connectivity index is 0.00000225. The summed E-state index contributed by atoms with van der Waals surface area (Å²) in [5, 5.41) is 2.14. The average Bonchev–Trinajstić information content (AvgIpc) is 2.39. The fourth-order valence-electron chi connectivity index (χ4n) is 1.60. The predicted molar refractivity (Wildman–Crippen MR) is 60.9 cm³/mol. The first-order valence-corrected chi connectivity index (χ1v) is 5.00. The lowest BCUT2D eigenvalue weighted by Crippen LogP contribution is -2.43. The maximum Gasteiger partial charge on any atom is 0.238 e. The molecule has 0 aromatic rings. The molecule has 5 nitrogen and oxygen atoms in total. The highest BCUT2D eigenvalue weighted by molar-refractivity contribution is 6.16. The van der Waals surface area contributed by atoms with E-state index in [9.17, 15) is 14.4 Å². The zero-order valence-corrected chi connectivity index (χ0v) is 10.3. The number of carbonyl (C=O) groups excluding carboxylic acids is 3. The van der Waals surface area contributed by atoms with Crippen molar-refractivity contribution in [3.05, 3.63) is 0 Å². The molecule has 1 rings (SSSR count). The van der Waals surface area contributed by atoms with Gasteiger partial charge in [-0.15, -0.1) is 12.4 Å². The third-order valence-electron chi connectivity index (χ3n) is 2.80. The quantitative estimate of drug-likeness (QED) is 0.538. The first-order valence-electron chi connectivity index (χ1n) is 5.00. The predicted octanol–water partition coefficient (Wildman–Crippen LogP) is -0.131. The van der Waals surface area contributed by atoms with Crippen molar-refractivity contribution < 1.29 is 14.4 Å². The lowest BCUT2D eigenvalue weighted by atomic mass is 9.85. The SMILES string of the molecule is CC(C)[C@H](N)C(=O)[C@@H]1C(=O)NC(=O)[C@H]1C.Cl. The molecule has 0 aliphatic carbocycles. The van der Waals surface area contributed by atoms with Crippen molar-refractivity contribution in [3.63, 3.8) is 0 Å². The van der Waals surface area contributed by atoms with Gasteiger partial charge in [0.05, 0.1) is 12.0 Å². The van der Waals surface area contributed by atoms with Crippen LogP contribution in [-0.4, -0.2) is 23.6 Å². The minimum absolute atomic E-state index is 0. The summed E-state index contributed by atoms with van der Waals surface area (Å²) in [6.07, 6.45) is 0. The molecule has 6 heteroatoms. The number of carbonyl (C=O) groups is 3. The molecule has 0 unspecified atom stereocenters. The highest BCUT2D eigenvalue weighted by atomic mass is 35.5. The molecule has 0 radical (unpaired) electrons. The maximum absolute atomic E-state index is 11.8. The fourth-order valence-corrected chi connectivity index (χ4v) is 1.60. The van der Waals surface area contributed by atoms with Crippen LogP contribution in [0.2, 0.25) is 0 Å². The van der Waals surface area contributed by atoms with E-state index in [0.29, 0.717) is 0 Å². The largest absolute Gasteiger partial charge is 0.321 e. The van der Waals surface area contributed by atoms with E-state index in [1.165, 1.54) is 0 Å². The summed E-state index contributed by atoms with van der Waals surface area (Å²) in [6.45, 7) is 5.18. The van der Waals surface area contributed by atoms with Gasteiger partial charge in [-0.1, -0.05) is 20.8 Å². The van der Waals surface area contributed by atoms with Crippen LogP contribution >= 0.6 is 12.4 Å². The van der Waals surface area contributed by atoms with E-state index in [0.717, 1.165) is 0 Å². The van der Waals surface area contributed by atoms with E-state index < -0.39 is 29.7 Å². The molecule has 0 saturated carbocycles. The van der Waals surface area contributed by atoms with Crippen molar-refractivity contribution in [2.75, 3.05) is 0 Å². The Bertz CT molecular complexity index is 317. The molecule has 2 amide bonds. The summed E-state index contributed by atoms with van der Waals surface area (Å²) in [5.41, 5.74) is 5.67. The Morgan fingerprint density at radius 2 is 1.81 bits per heavy atom. The van der Waals surface area contributed by atoms with Gasteiger partial charge in [-0.05, 0) is 5.92 Å². The van der Waals surface area contributed by atoms with Crippen molar-refractivity contribution in [1.29, 1.82) is 0 Å². The molecule has 16 heavy (non-hydrogen) atoms. The summed E-state index contributed by atoms with van der Waals surface area (Å²) in [4.78, 5) is 34.3. The molecule has 3 atom stereocenters. The topological polar surface area (TPSA) is 89.3 Å². The molecule has 1 fully saturated rings. The monoisotopic (exact) mass is 248 g/mol. The van der Waals surface area contributed by atoms with Gasteiger partial charge in [0.15, 0.2) is 5.78 Å². The summed E-state index contributed by atoms with van der Waals surface area (Å²) in [7, 11) is 0. The Labute approximate surface area is 101 Å². The minimum Gasteiger partial charge on any atom is -0.321 e. The first kappa shape index (κ1) is 15.1.